The van der Waals surface area contributed by atoms with Gasteiger partial charge < -0.3 is 19.9 Å². The summed E-state index contributed by atoms with van der Waals surface area (Å²) in [5.74, 6) is 1.02. The van der Waals surface area contributed by atoms with Gasteiger partial charge in [-0.15, -0.1) is 0 Å². The first-order chi connectivity index (χ1) is 9.28. The van der Waals surface area contributed by atoms with Gasteiger partial charge in [-0.1, -0.05) is 0 Å². The maximum Gasteiger partial charge on any atom is 0.142 e. The number of piperazine rings is 1. The zero-order chi connectivity index (χ0) is 13.2. The van der Waals surface area contributed by atoms with E-state index in [1.165, 1.54) is 23.4 Å². The highest BCUT2D eigenvalue weighted by Gasteiger charge is 2.20. The summed E-state index contributed by atoms with van der Waals surface area (Å²) in [6.45, 7) is 5.47. The second kappa shape index (κ2) is 5.29. The van der Waals surface area contributed by atoms with Gasteiger partial charge >= 0.3 is 0 Å². The van der Waals surface area contributed by atoms with Crippen molar-refractivity contribution in [1.29, 1.82) is 0 Å². The normalized spacial score (nSPS) is 19.8. The molecule has 4 heteroatoms. The molecular weight excluding hydrogens is 238 g/mol. The Labute approximate surface area is 115 Å². The smallest absolute Gasteiger partial charge is 0.142 e. The van der Waals surface area contributed by atoms with Gasteiger partial charge in [0.05, 0.1) is 12.8 Å². The summed E-state index contributed by atoms with van der Waals surface area (Å²) in [7, 11) is 3.96. The van der Waals surface area contributed by atoms with Gasteiger partial charge in [0.1, 0.15) is 5.75 Å². The van der Waals surface area contributed by atoms with Crippen molar-refractivity contribution in [3.05, 3.63) is 17.7 Å². The van der Waals surface area contributed by atoms with Crippen LogP contribution >= 0.6 is 0 Å². The van der Waals surface area contributed by atoms with Crippen molar-refractivity contribution in [3.8, 4) is 5.75 Å². The lowest BCUT2D eigenvalue weighted by molar-refractivity contribution is 0.311. The number of hydrogen-bond acceptors (Lipinski definition) is 4. The molecule has 0 saturated carbocycles. The first-order valence-electron chi connectivity index (χ1n) is 7.16. The fraction of sp³-hybridized carbons (Fsp3) is 0.600. The number of hydrogen-bond donors (Lipinski definition) is 1. The molecule has 1 aromatic carbocycles. The summed E-state index contributed by atoms with van der Waals surface area (Å²) < 4.78 is 5.61. The summed E-state index contributed by atoms with van der Waals surface area (Å²) in [5, 5.41) is 3.51. The average Bonchev–Trinajstić information content (AvgIpc) is 2.46. The quantitative estimate of drug-likeness (QED) is 0.878. The van der Waals surface area contributed by atoms with Crippen LogP contribution in [0.5, 0.6) is 5.75 Å². The Morgan fingerprint density at radius 2 is 1.95 bits per heavy atom. The molecular formula is C15H23N3O. The molecule has 3 rings (SSSR count). The SMILES string of the molecule is COc1cc2c(cc1N1CCN(C)CC1)NCCC2. The molecule has 0 radical (unpaired) electrons. The zero-order valence-corrected chi connectivity index (χ0v) is 11.9. The lowest BCUT2D eigenvalue weighted by Gasteiger charge is -2.35. The number of benzene rings is 1. The van der Waals surface area contributed by atoms with E-state index in [0.717, 1.165) is 44.9 Å². The fourth-order valence-electron chi connectivity index (χ4n) is 2.94. The molecule has 1 aromatic rings. The minimum Gasteiger partial charge on any atom is -0.495 e. The van der Waals surface area contributed by atoms with Crippen LogP contribution in [0.3, 0.4) is 0 Å². The molecule has 1 N–H and O–H groups in total. The van der Waals surface area contributed by atoms with Gasteiger partial charge in [-0.05, 0) is 37.6 Å². The van der Waals surface area contributed by atoms with Crippen LogP contribution in [-0.4, -0.2) is 51.8 Å². The van der Waals surface area contributed by atoms with Gasteiger partial charge in [-0.2, -0.15) is 0 Å². The highest BCUT2D eigenvalue weighted by molar-refractivity contribution is 5.70. The molecule has 0 unspecified atom stereocenters. The molecule has 1 fully saturated rings. The van der Waals surface area contributed by atoms with Gasteiger partial charge in [0.15, 0.2) is 0 Å². The second-order valence-electron chi connectivity index (χ2n) is 5.50. The molecule has 0 amide bonds. The van der Waals surface area contributed by atoms with Crippen molar-refractivity contribution < 1.29 is 4.74 Å². The molecule has 19 heavy (non-hydrogen) atoms. The van der Waals surface area contributed by atoms with E-state index in [4.69, 9.17) is 4.74 Å². The summed E-state index contributed by atoms with van der Waals surface area (Å²) in [4.78, 5) is 4.81. The summed E-state index contributed by atoms with van der Waals surface area (Å²) in [5.41, 5.74) is 3.92. The molecule has 0 aliphatic carbocycles. The van der Waals surface area contributed by atoms with Gasteiger partial charge in [-0.3, -0.25) is 0 Å². The van der Waals surface area contributed by atoms with Crippen LogP contribution in [0.1, 0.15) is 12.0 Å². The van der Waals surface area contributed by atoms with Gasteiger partial charge in [0.25, 0.3) is 0 Å². The third kappa shape index (κ3) is 2.50. The predicted molar refractivity (Wildman–Crippen MR) is 79.5 cm³/mol. The van der Waals surface area contributed by atoms with Gasteiger partial charge in [0, 0.05) is 38.4 Å². The topological polar surface area (TPSA) is 27.7 Å². The number of methoxy groups -OCH3 is 1. The Hall–Kier alpha value is -1.42. The number of likely N-dealkylation sites (N-methyl/N-ethyl adjacent to an activating group) is 1. The van der Waals surface area contributed by atoms with Crippen molar-refractivity contribution in [2.45, 2.75) is 12.8 Å². The standard InChI is InChI=1S/C15H23N3O/c1-17-6-8-18(9-7-17)14-11-13-12(4-3-5-16-13)10-15(14)19-2/h10-11,16H,3-9H2,1-2H3. The van der Waals surface area contributed by atoms with Crippen LogP contribution in [0.25, 0.3) is 0 Å². The number of nitrogens with one attached hydrogen (secondary N) is 1. The lowest BCUT2D eigenvalue weighted by Crippen LogP contribution is -2.44. The van der Waals surface area contributed by atoms with E-state index in [9.17, 15) is 0 Å². The largest absolute Gasteiger partial charge is 0.495 e. The lowest BCUT2D eigenvalue weighted by atomic mass is 10.0. The van der Waals surface area contributed by atoms with E-state index < -0.39 is 0 Å². The number of rotatable bonds is 2. The molecule has 0 bridgehead atoms. The Morgan fingerprint density at radius 3 is 2.68 bits per heavy atom. The van der Waals surface area contributed by atoms with Crippen molar-refractivity contribution in [2.24, 2.45) is 0 Å². The van der Waals surface area contributed by atoms with Crippen LogP contribution in [0.4, 0.5) is 11.4 Å². The van der Waals surface area contributed by atoms with E-state index in [0.29, 0.717) is 0 Å². The Bertz CT molecular complexity index is 453. The van der Waals surface area contributed by atoms with Crippen LogP contribution in [0.15, 0.2) is 12.1 Å². The molecule has 2 aliphatic heterocycles. The van der Waals surface area contributed by atoms with Crippen molar-refractivity contribution in [1.82, 2.24) is 4.90 Å². The van der Waals surface area contributed by atoms with E-state index in [-0.39, 0.29) is 0 Å². The van der Waals surface area contributed by atoms with Crippen molar-refractivity contribution in [2.75, 3.05) is 57.1 Å². The number of anilines is 2. The van der Waals surface area contributed by atoms with Crippen LogP contribution in [0, 0.1) is 0 Å². The molecule has 2 heterocycles. The molecule has 2 aliphatic rings. The molecule has 0 spiro atoms. The van der Waals surface area contributed by atoms with E-state index in [1.54, 1.807) is 7.11 Å². The number of aryl methyl sites for hydroxylation is 1. The Balaban J connectivity index is 1.91. The molecule has 4 nitrogen and oxygen atoms in total. The van der Waals surface area contributed by atoms with Crippen LogP contribution in [-0.2, 0) is 6.42 Å². The predicted octanol–water partition coefficient (Wildman–Crippen LogP) is 1.81. The molecule has 104 valence electrons. The number of ether oxygens (including phenoxy) is 1. The second-order valence-corrected chi connectivity index (χ2v) is 5.50. The van der Waals surface area contributed by atoms with E-state index in [1.807, 2.05) is 0 Å². The highest BCUT2D eigenvalue weighted by atomic mass is 16.5. The first kappa shape index (κ1) is 12.6. The molecule has 0 atom stereocenters. The number of nitrogens with zero attached hydrogens (tertiary/aromatic N) is 2. The Kier molecular flexibility index (Phi) is 3.51. The maximum atomic E-state index is 5.61. The summed E-state index contributed by atoms with van der Waals surface area (Å²) >= 11 is 0. The zero-order valence-electron chi connectivity index (χ0n) is 11.9. The molecule has 0 aromatic heterocycles. The third-order valence-corrected chi connectivity index (χ3v) is 4.19. The van der Waals surface area contributed by atoms with E-state index >= 15 is 0 Å². The molecule has 1 saturated heterocycles. The third-order valence-electron chi connectivity index (χ3n) is 4.19. The van der Waals surface area contributed by atoms with Gasteiger partial charge in [-0.25, -0.2) is 0 Å². The summed E-state index contributed by atoms with van der Waals surface area (Å²) in [6, 6.07) is 4.49. The van der Waals surface area contributed by atoms with Crippen molar-refractivity contribution in [3.63, 3.8) is 0 Å². The van der Waals surface area contributed by atoms with Crippen LogP contribution in [0.2, 0.25) is 0 Å². The van der Waals surface area contributed by atoms with Crippen molar-refractivity contribution >= 4 is 11.4 Å². The average molecular weight is 261 g/mol. The maximum absolute atomic E-state index is 5.61. The summed E-state index contributed by atoms with van der Waals surface area (Å²) in [6.07, 6.45) is 2.37. The minimum atomic E-state index is 1.02. The number of fused-ring (bicyclic) bond motifs is 1. The Morgan fingerprint density at radius 1 is 1.16 bits per heavy atom. The van der Waals surface area contributed by atoms with E-state index in [2.05, 4.69) is 34.3 Å². The minimum absolute atomic E-state index is 1.02. The highest BCUT2D eigenvalue weighted by Crippen LogP contribution is 2.36. The first-order valence-corrected chi connectivity index (χ1v) is 7.16. The fourth-order valence-corrected chi connectivity index (χ4v) is 2.94. The van der Waals surface area contributed by atoms with Gasteiger partial charge in [0.2, 0.25) is 0 Å². The van der Waals surface area contributed by atoms with Crippen LogP contribution < -0.4 is 15.0 Å². The monoisotopic (exact) mass is 261 g/mol.